The second-order valence-electron chi connectivity index (χ2n) is 11.3. The van der Waals surface area contributed by atoms with Crippen molar-refractivity contribution in [1.29, 1.82) is 0 Å². The topological polar surface area (TPSA) is 96.4 Å². The minimum atomic E-state index is -1.20. The second kappa shape index (κ2) is 10.9. The highest BCUT2D eigenvalue weighted by molar-refractivity contribution is 5.99. The van der Waals surface area contributed by atoms with Gasteiger partial charge < -0.3 is 24.4 Å². The van der Waals surface area contributed by atoms with Crippen LogP contribution in [0.15, 0.2) is 24.3 Å². The minimum Gasteiger partial charge on any atom is -0.465 e. The second-order valence-corrected chi connectivity index (χ2v) is 11.3. The molecule has 5 rings (SSSR count). The normalized spacial score (nSPS) is 36.1. The van der Waals surface area contributed by atoms with Gasteiger partial charge in [0.05, 0.1) is 12.5 Å². The monoisotopic (exact) mass is 514 g/mol. The van der Waals surface area contributed by atoms with Gasteiger partial charge in [-0.15, -0.1) is 0 Å². The van der Waals surface area contributed by atoms with Crippen molar-refractivity contribution in [3.05, 3.63) is 24.3 Å². The summed E-state index contributed by atoms with van der Waals surface area (Å²) in [5, 5.41) is 9.14. The molecule has 1 saturated carbocycles. The average molecular weight is 515 g/mol. The van der Waals surface area contributed by atoms with Crippen LogP contribution in [-0.4, -0.2) is 82.3 Å². The molecule has 37 heavy (non-hydrogen) atoms. The molecule has 0 aromatic heterocycles. The zero-order valence-electron chi connectivity index (χ0n) is 22.1. The quantitative estimate of drug-likeness (QED) is 0.304. The van der Waals surface area contributed by atoms with E-state index in [0.717, 1.165) is 51.4 Å². The Morgan fingerprint density at radius 1 is 0.973 bits per heavy atom. The Kier molecular flexibility index (Phi) is 7.78. The number of aliphatic hydroxyl groups is 1. The first kappa shape index (κ1) is 26.4. The van der Waals surface area contributed by atoms with Crippen LogP contribution in [0.25, 0.3) is 0 Å². The molecule has 4 aliphatic heterocycles. The van der Waals surface area contributed by atoms with Crippen molar-refractivity contribution >= 4 is 17.8 Å². The average Bonchev–Trinajstić information content (AvgIpc) is 3.24. The SMILES string of the molecule is CC[C@]12C=CCCOC(=O)[C@H]1[C@H]1C(=O)N(CCCCCCO)C3C(=O)N(C4CCCCC4)CC=C[C@@]31O2. The Hall–Kier alpha value is -2.19. The van der Waals surface area contributed by atoms with E-state index in [1.54, 1.807) is 4.90 Å². The van der Waals surface area contributed by atoms with Gasteiger partial charge in [-0.05, 0) is 38.5 Å². The summed E-state index contributed by atoms with van der Waals surface area (Å²) < 4.78 is 12.5. The van der Waals surface area contributed by atoms with E-state index < -0.39 is 35.0 Å². The lowest BCUT2D eigenvalue weighted by Gasteiger charge is -2.40. The standard InChI is InChI=1S/C29H42N2O6/c1-2-28-15-8-11-20-36-27(35)23(28)22-25(33)31(17-9-3-4-10-19-32)24-26(34)30(21-13-6-5-7-14-21)18-12-16-29(22,24)37-28/h8,12,15-16,21-24,32H,2-7,9-11,13-14,17-20H2,1H3/t22-,23+,24?,28-,29-/m0/s1. The molecule has 2 amide bonds. The van der Waals surface area contributed by atoms with Gasteiger partial charge in [0.2, 0.25) is 11.8 Å². The van der Waals surface area contributed by atoms with E-state index in [0.29, 0.717) is 25.9 Å². The van der Waals surface area contributed by atoms with Crippen molar-refractivity contribution in [1.82, 2.24) is 9.80 Å². The van der Waals surface area contributed by atoms with E-state index in [1.807, 2.05) is 36.1 Å². The summed E-state index contributed by atoms with van der Waals surface area (Å²) in [5.41, 5.74) is -2.18. The summed E-state index contributed by atoms with van der Waals surface area (Å²) in [7, 11) is 0. The molecule has 8 heteroatoms. The summed E-state index contributed by atoms with van der Waals surface area (Å²) in [6, 6.07) is -0.622. The number of rotatable bonds is 8. The van der Waals surface area contributed by atoms with Gasteiger partial charge in [-0.2, -0.15) is 0 Å². The molecule has 8 nitrogen and oxygen atoms in total. The smallest absolute Gasteiger partial charge is 0.313 e. The van der Waals surface area contributed by atoms with E-state index in [2.05, 4.69) is 0 Å². The van der Waals surface area contributed by atoms with Crippen LogP contribution in [0.4, 0.5) is 0 Å². The molecule has 5 aliphatic rings. The first-order chi connectivity index (χ1) is 18.0. The lowest BCUT2D eigenvalue weighted by atomic mass is 9.73. The van der Waals surface area contributed by atoms with Gasteiger partial charge in [0, 0.05) is 25.7 Å². The Bertz CT molecular complexity index is 943. The number of hydrogen-bond donors (Lipinski definition) is 1. The predicted molar refractivity (Wildman–Crippen MR) is 137 cm³/mol. The fraction of sp³-hybridized carbons (Fsp3) is 0.759. The lowest BCUT2D eigenvalue weighted by molar-refractivity contribution is -0.162. The molecule has 1 aliphatic carbocycles. The Balaban J connectivity index is 1.54. The van der Waals surface area contributed by atoms with Gasteiger partial charge in [-0.1, -0.05) is 63.3 Å². The van der Waals surface area contributed by atoms with E-state index in [1.165, 1.54) is 6.42 Å². The Labute approximate surface area is 220 Å². The summed E-state index contributed by atoms with van der Waals surface area (Å²) in [5.74, 6) is -2.22. The number of amides is 2. The van der Waals surface area contributed by atoms with E-state index in [9.17, 15) is 14.4 Å². The first-order valence-electron chi connectivity index (χ1n) is 14.4. The molecule has 0 aromatic carbocycles. The third-order valence-electron chi connectivity index (χ3n) is 9.26. The number of aliphatic hydroxyl groups excluding tert-OH is 1. The third-order valence-corrected chi connectivity index (χ3v) is 9.26. The fourth-order valence-corrected chi connectivity index (χ4v) is 7.45. The fourth-order valence-electron chi connectivity index (χ4n) is 7.45. The number of fused-ring (bicyclic) bond motifs is 2. The van der Waals surface area contributed by atoms with Gasteiger partial charge in [-0.3, -0.25) is 14.4 Å². The van der Waals surface area contributed by atoms with Crippen LogP contribution in [0.2, 0.25) is 0 Å². The number of esters is 1. The molecule has 1 unspecified atom stereocenters. The molecule has 0 radical (unpaired) electrons. The molecule has 1 N–H and O–H groups in total. The highest BCUT2D eigenvalue weighted by Crippen LogP contribution is 2.58. The van der Waals surface area contributed by atoms with Crippen molar-refractivity contribution in [3.63, 3.8) is 0 Å². The van der Waals surface area contributed by atoms with Crippen LogP contribution >= 0.6 is 0 Å². The van der Waals surface area contributed by atoms with Crippen LogP contribution in [-0.2, 0) is 23.9 Å². The summed E-state index contributed by atoms with van der Waals surface area (Å²) >= 11 is 0. The number of unbranched alkanes of at least 4 members (excludes halogenated alkanes) is 3. The van der Waals surface area contributed by atoms with E-state index >= 15 is 0 Å². The molecule has 204 valence electrons. The Morgan fingerprint density at radius 2 is 1.76 bits per heavy atom. The number of cyclic esters (lactones) is 1. The maximum Gasteiger partial charge on any atom is 0.313 e. The molecule has 0 bridgehead atoms. The number of carbonyl (C=O) groups is 3. The van der Waals surface area contributed by atoms with Crippen LogP contribution in [0.3, 0.4) is 0 Å². The van der Waals surface area contributed by atoms with Crippen molar-refractivity contribution < 1.29 is 29.0 Å². The molecule has 5 atom stereocenters. The zero-order chi connectivity index (χ0) is 26.0. The largest absolute Gasteiger partial charge is 0.465 e. The van der Waals surface area contributed by atoms with Crippen molar-refractivity contribution in [3.8, 4) is 0 Å². The third kappa shape index (κ3) is 4.44. The lowest BCUT2D eigenvalue weighted by Crippen LogP contribution is -2.57. The van der Waals surface area contributed by atoms with E-state index in [4.69, 9.17) is 14.6 Å². The van der Waals surface area contributed by atoms with Crippen LogP contribution in [0.1, 0.15) is 77.6 Å². The predicted octanol–water partition coefficient (Wildman–Crippen LogP) is 3.13. The molecular weight excluding hydrogens is 472 g/mol. The number of likely N-dealkylation sites (tertiary alicyclic amines) is 1. The van der Waals surface area contributed by atoms with Gasteiger partial charge in [-0.25, -0.2) is 0 Å². The van der Waals surface area contributed by atoms with Crippen LogP contribution < -0.4 is 0 Å². The molecule has 1 spiro atoms. The number of nitrogens with zero attached hydrogens (tertiary/aromatic N) is 2. The van der Waals surface area contributed by atoms with Crippen LogP contribution in [0, 0.1) is 11.8 Å². The zero-order valence-corrected chi connectivity index (χ0v) is 22.1. The van der Waals surface area contributed by atoms with Gasteiger partial charge in [0.1, 0.15) is 23.2 Å². The maximum absolute atomic E-state index is 14.4. The van der Waals surface area contributed by atoms with Gasteiger partial charge in [0.25, 0.3) is 0 Å². The highest BCUT2D eigenvalue weighted by atomic mass is 16.6. The highest BCUT2D eigenvalue weighted by Gasteiger charge is 2.75. The molecule has 2 saturated heterocycles. The van der Waals surface area contributed by atoms with Gasteiger partial charge >= 0.3 is 5.97 Å². The first-order valence-corrected chi connectivity index (χ1v) is 14.4. The summed E-state index contributed by atoms with van der Waals surface area (Å²) in [6.45, 7) is 3.34. The van der Waals surface area contributed by atoms with Gasteiger partial charge in [0.15, 0.2) is 0 Å². The molecule has 0 aromatic rings. The number of ether oxygens (including phenoxy) is 2. The van der Waals surface area contributed by atoms with Crippen molar-refractivity contribution in [2.24, 2.45) is 11.8 Å². The number of carbonyl (C=O) groups excluding carboxylic acids is 3. The van der Waals surface area contributed by atoms with Crippen molar-refractivity contribution in [2.45, 2.75) is 101 Å². The summed E-state index contributed by atoms with van der Waals surface area (Å²) in [4.78, 5) is 45.8. The summed E-state index contributed by atoms with van der Waals surface area (Å²) in [6.07, 6.45) is 17.6. The molecule has 3 fully saturated rings. The van der Waals surface area contributed by atoms with E-state index in [-0.39, 0.29) is 31.1 Å². The Morgan fingerprint density at radius 3 is 2.51 bits per heavy atom. The van der Waals surface area contributed by atoms with Crippen LogP contribution in [0.5, 0.6) is 0 Å². The number of hydrogen-bond acceptors (Lipinski definition) is 6. The van der Waals surface area contributed by atoms with Crippen molar-refractivity contribution in [2.75, 3.05) is 26.3 Å². The minimum absolute atomic E-state index is 0.0546. The molecular formula is C29H42N2O6. The molecule has 4 heterocycles. The maximum atomic E-state index is 14.4.